The van der Waals surface area contributed by atoms with Gasteiger partial charge in [-0.2, -0.15) is 0 Å². The summed E-state index contributed by atoms with van der Waals surface area (Å²) in [6.07, 6.45) is 0. The first-order chi connectivity index (χ1) is 25.6. The molecule has 0 saturated heterocycles. The predicted octanol–water partition coefficient (Wildman–Crippen LogP) is 6.47. The quantitative estimate of drug-likeness (QED) is 0.107. The SMILES string of the molecule is Brc1ccc([Si](c2ccccc2)(c2ccccc2)c2ccccc2)cc1.Nc1ccc([Si](c2ccccc2)(c2ccccc2)c2ccccc2)cc1. The van der Waals surface area contributed by atoms with E-state index < -0.39 is 16.1 Å². The van der Waals surface area contributed by atoms with Gasteiger partial charge in [0.2, 0.25) is 0 Å². The minimum Gasteiger partial charge on any atom is -0.399 e. The van der Waals surface area contributed by atoms with E-state index in [0.717, 1.165) is 10.2 Å². The Balaban J connectivity index is 0.000000162. The molecule has 0 unspecified atom stereocenters. The Bertz CT molecular complexity index is 1910. The minimum atomic E-state index is -2.38. The molecule has 2 N–H and O–H groups in total. The third kappa shape index (κ3) is 6.89. The molecule has 8 rings (SSSR count). The van der Waals surface area contributed by atoms with Gasteiger partial charge in [-0.15, -0.1) is 0 Å². The smallest absolute Gasteiger partial charge is 0.179 e. The highest BCUT2D eigenvalue weighted by atomic mass is 79.9. The topological polar surface area (TPSA) is 26.0 Å². The summed E-state index contributed by atoms with van der Waals surface area (Å²) in [5.74, 6) is 0. The van der Waals surface area contributed by atoms with Crippen LogP contribution in [0.25, 0.3) is 0 Å². The summed E-state index contributed by atoms with van der Waals surface area (Å²) in [6.45, 7) is 0. The van der Waals surface area contributed by atoms with Crippen LogP contribution in [0.5, 0.6) is 0 Å². The van der Waals surface area contributed by atoms with E-state index in [0.29, 0.717) is 0 Å². The van der Waals surface area contributed by atoms with E-state index in [9.17, 15) is 0 Å². The lowest BCUT2D eigenvalue weighted by atomic mass is 10.3. The van der Waals surface area contributed by atoms with E-state index >= 15 is 0 Å². The van der Waals surface area contributed by atoms with E-state index in [1.54, 1.807) is 0 Å². The zero-order chi connectivity index (χ0) is 35.6. The van der Waals surface area contributed by atoms with Crippen LogP contribution >= 0.6 is 15.9 Å². The van der Waals surface area contributed by atoms with Gasteiger partial charge in [-0.1, -0.05) is 222 Å². The largest absolute Gasteiger partial charge is 0.399 e. The average molecular weight is 767 g/mol. The molecular weight excluding hydrogens is 727 g/mol. The second kappa shape index (κ2) is 16.2. The van der Waals surface area contributed by atoms with Crippen LogP contribution in [0.15, 0.2) is 235 Å². The van der Waals surface area contributed by atoms with E-state index in [-0.39, 0.29) is 0 Å². The maximum absolute atomic E-state index is 6.00. The summed E-state index contributed by atoms with van der Waals surface area (Å²) in [5.41, 5.74) is 6.80. The first-order valence-corrected chi connectivity index (χ1v) is 22.4. The number of halogens is 1. The zero-order valence-corrected chi connectivity index (χ0v) is 32.5. The Morgan fingerprint density at radius 1 is 0.250 bits per heavy atom. The summed E-state index contributed by atoms with van der Waals surface area (Å²) in [6, 6.07) is 82.9. The van der Waals surface area contributed by atoms with Gasteiger partial charge in [0.05, 0.1) is 0 Å². The Labute approximate surface area is 318 Å². The molecule has 0 atom stereocenters. The number of nitrogens with two attached hydrogens (primary N) is 1. The van der Waals surface area contributed by atoms with Crippen LogP contribution in [0, 0.1) is 0 Å². The van der Waals surface area contributed by atoms with Crippen molar-refractivity contribution in [1.29, 1.82) is 0 Å². The maximum Gasteiger partial charge on any atom is 0.179 e. The molecule has 4 heteroatoms. The van der Waals surface area contributed by atoms with Crippen molar-refractivity contribution < 1.29 is 0 Å². The van der Waals surface area contributed by atoms with Crippen LogP contribution in [-0.2, 0) is 0 Å². The lowest BCUT2D eigenvalue weighted by Gasteiger charge is -2.34. The molecule has 8 aromatic rings. The molecule has 0 fully saturated rings. The van der Waals surface area contributed by atoms with Gasteiger partial charge >= 0.3 is 0 Å². The molecule has 52 heavy (non-hydrogen) atoms. The lowest BCUT2D eigenvalue weighted by Crippen LogP contribution is -2.74. The third-order valence-electron chi connectivity index (χ3n) is 9.86. The van der Waals surface area contributed by atoms with Crippen molar-refractivity contribution in [2.45, 2.75) is 0 Å². The molecule has 252 valence electrons. The fraction of sp³-hybridized carbons (Fsp3) is 0. The Kier molecular flexibility index (Phi) is 10.9. The number of nitrogen functional groups attached to an aromatic ring is 1. The summed E-state index contributed by atoms with van der Waals surface area (Å²) < 4.78 is 1.11. The van der Waals surface area contributed by atoms with E-state index in [2.05, 4.69) is 234 Å². The molecule has 0 aromatic heterocycles. The van der Waals surface area contributed by atoms with Crippen molar-refractivity contribution >= 4 is 79.3 Å². The van der Waals surface area contributed by atoms with E-state index in [4.69, 9.17) is 5.73 Å². The predicted molar refractivity (Wildman–Crippen MR) is 232 cm³/mol. The van der Waals surface area contributed by atoms with Gasteiger partial charge in [0.1, 0.15) is 0 Å². The molecule has 0 radical (unpaired) electrons. The van der Waals surface area contributed by atoms with Gasteiger partial charge in [-0.25, -0.2) is 0 Å². The highest BCUT2D eigenvalue weighted by molar-refractivity contribution is 9.10. The minimum absolute atomic E-state index is 0.797. The van der Waals surface area contributed by atoms with Gasteiger partial charge in [0.15, 0.2) is 16.1 Å². The van der Waals surface area contributed by atoms with Crippen molar-refractivity contribution in [3.05, 3.63) is 235 Å². The molecule has 0 aliphatic heterocycles. The van der Waals surface area contributed by atoms with Gasteiger partial charge in [-0.3, -0.25) is 0 Å². The molecule has 0 amide bonds. The molecule has 0 aliphatic carbocycles. The van der Waals surface area contributed by atoms with Crippen molar-refractivity contribution in [2.75, 3.05) is 5.73 Å². The molecule has 0 heterocycles. The first kappa shape index (κ1) is 34.9. The van der Waals surface area contributed by atoms with Gasteiger partial charge in [0.25, 0.3) is 0 Å². The standard InChI is InChI=1S/C24H19BrSi.C24H21NSi/c2*25-20-16-18-24(19-17-20)26(21-10-4-1-5-11-21,22-12-6-2-7-13-22)23-14-8-3-9-15-23/h1-19H;1-19H,25H2. The van der Waals surface area contributed by atoms with Gasteiger partial charge < -0.3 is 5.73 Å². The molecule has 0 spiro atoms. The Morgan fingerprint density at radius 2 is 0.442 bits per heavy atom. The van der Waals surface area contributed by atoms with Crippen LogP contribution in [-0.4, -0.2) is 16.1 Å². The van der Waals surface area contributed by atoms with Crippen LogP contribution in [0.2, 0.25) is 0 Å². The van der Waals surface area contributed by atoms with Crippen molar-refractivity contribution in [3.8, 4) is 0 Å². The number of hydrogen-bond acceptors (Lipinski definition) is 1. The summed E-state index contributed by atoms with van der Waals surface area (Å²) in [5, 5.41) is 11.1. The molecule has 1 nitrogen and oxygen atoms in total. The number of rotatable bonds is 8. The average Bonchev–Trinajstić information content (AvgIpc) is 3.23. The summed E-state index contributed by atoms with van der Waals surface area (Å²) in [4.78, 5) is 0. The van der Waals surface area contributed by atoms with E-state index in [1.165, 1.54) is 41.5 Å². The Hall–Kier alpha value is -5.53. The van der Waals surface area contributed by atoms with Crippen LogP contribution in [0.3, 0.4) is 0 Å². The summed E-state index contributed by atoms with van der Waals surface area (Å²) in [7, 11) is -4.72. The maximum atomic E-state index is 6.00. The number of anilines is 1. The fourth-order valence-corrected chi connectivity index (χ4v) is 17.3. The fourth-order valence-electron chi connectivity index (χ4n) is 7.56. The normalized spacial score (nSPS) is 11.2. The Morgan fingerprint density at radius 3 is 0.673 bits per heavy atom. The van der Waals surface area contributed by atoms with Crippen molar-refractivity contribution in [2.24, 2.45) is 0 Å². The highest BCUT2D eigenvalue weighted by Gasteiger charge is 2.42. The second-order valence-electron chi connectivity index (χ2n) is 12.8. The first-order valence-electron chi connectivity index (χ1n) is 17.6. The summed E-state index contributed by atoms with van der Waals surface area (Å²) >= 11 is 3.60. The molecular formula is C48H40BrNSi2. The molecule has 8 aromatic carbocycles. The van der Waals surface area contributed by atoms with Crippen LogP contribution in [0.1, 0.15) is 0 Å². The van der Waals surface area contributed by atoms with Crippen LogP contribution in [0.4, 0.5) is 5.69 Å². The molecule has 0 bridgehead atoms. The highest BCUT2D eigenvalue weighted by Crippen LogP contribution is 2.13. The van der Waals surface area contributed by atoms with Gasteiger partial charge in [-0.05, 0) is 65.8 Å². The van der Waals surface area contributed by atoms with Crippen LogP contribution < -0.4 is 47.2 Å². The third-order valence-corrected chi connectivity index (χ3v) is 20.0. The monoisotopic (exact) mass is 765 g/mol. The van der Waals surface area contributed by atoms with E-state index in [1.807, 2.05) is 12.1 Å². The lowest BCUT2D eigenvalue weighted by molar-refractivity contribution is 1.64. The molecule has 0 saturated carbocycles. The van der Waals surface area contributed by atoms with Crippen molar-refractivity contribution in [3.63, 3.8) is 0 Å². The van der Waals surface area contributed by atoms with Crippen molar-refractivity contribution in [1.82, 2.24) is 0 Å². The number of benzene rings is 8. The number of hydrogen-bond donors (Lipinski definition) is 1. The second-order valence-corrected chi connectivity index (χ2v) is 21.4. The zero-order valence-electron chi connectivity index (χ0n) is 28.9. The molecule has 0 aliphatic rings. The van der Waals surface area contributed by atoms with Gasteiger partial charge in [0, 0.05) is 10.2 Å².